The normalized spacial score (nSPS) is 13.3. The standard InChI is InChI=1S/C17H23NO2/c1-4-6-7-13(5-2)17(19)16(12-18)14-8-10-15(20-3)11-9-14/h8-11,13,16H,4-7H2,1-3H3. The van der Waals surface area contributed by atoms with E-state index in [9.17, 15) is 10.1 Å². The van der Waals surface area contributed by atoms with Gasteiger partial charge in [0.1, 0.15) is 11.7 Å². The topological polar surface area (TPSA) is 50.1 Å². The first-order valence-corrected chi connectivity index (χ1v) is 7.25. The second kappa shape index (κ2) is 8.37. The van der Waals surface area contributed by atoms with Gasteiger partial charge in [-0.3, -0.25) is 4.79 Å². The van der Waals surface area contributed by atoms with Crippen LogP contribution in [-0.2, 0) is 4.79 Å². The van der Waals surface area contributed by atoms with E-state index in [4.69, 9.17) is 4.74 Å². The maximum absolute atomic E-state index is 12.5. The number of nitriles is 1. The van der Waals surface area contributed by atoms with E-state index in [1.54, 1.807) is 31.4 Å². The van der Waals surface area contributed by atoms with Gasteiger partial charge in [-0.25, -0.2) is 0 Å². The van der Waals surface area contributed by atoms with Gasteiger partial charge in [0.05, 0.1) is 13.2 Å². The molecule has 1 aromatic carbocycles. The van der Waals surface area contributed by atoms with Gasteiger partial charge in [0.2, 0.25) is 0 Å². The molecule has 0 amide bonds. The molecule has 0 saturated carbocycles. The van der Waals surface area contributed by atoms with Crippen LogP contribution >= 0.6 is 0 Å². The van der Waals surface area contributed by atoms with Crippen LogP contribution in [0.5, 0.6) is 5.75 Å². The number of Topliss-reactive ketones (excluding diaryl/α,β-unsaturated/α-hetero) is 1. The van der Waals surface area contributed by atoms with E-state index >= 15 is 0 Å². The van der Waals surface area contributed by atoms with Gasteiger partial charge in [-0.15, -0.1) is 0 Å². The summed E-state index contributed by atoms with van der Waals surface area (Å²) >= 11 is 0. The summed E-state index contributed by atoms with van der Waals surface area (Å²) in [7, 11) is 1.60. The SMILES string of the molecule is CCCCC(CC)C(=O)C(C#N)c1ccc(OC)cc1. The minimum Gasteiger partial charge on any atom is -0.497 e. The fourth-order valence-corrected chi connectivity index (χ4v) is 2.33. The van der Waals surface area contributed by atoms with Crippen molar-refractivity contribution in [3.8, 4) is 11.8 Å². The van der Waals surface area contributed by atoms with Crippen LogP contribution < -0.4 is 4.74 Å². The lowest BCUT2D eigenvalue weighted by molar-refractivity contribution is -0.123. The Bertz CT molecular complexity index is 459. The molecule has 1 rings (SSSR count). The first kappa shape index (κ1) is 16.2. The van der Waals surface area contributed by atoms with Gasteiger partial charge in [0.25, 0.3) is 0 Å². The Hall–Kier alpha value is -1.82. The zero-order chi connectivity index (χ0) is 15.0. The minimum absolute atomic E-state index is 0.0123. The maximum Gasteiger partial charge on any atom is 0.157 e. The molecule has 0 spiro atoms. The molecule has 2 atom stereocenters. The van der Waals surface area contributed by atoms with E-state index in [1.165, 1.54) is 0 Å². The number of benzene rings is 1. The molecular formula is C17H23NO2. The summed E-state index contributed by atoms with van der Waals surface area (Å²) in [5, 5.41) is 9.34. The highest BCUT2D eigenvalue weighted by molar-refractivity contribution is 5.90. The molecule has 108 valence electrons. The van der Waals surface area contributed by atoms with E-state index in [2.05, 4.69) is 13.0 Å². The van der Waals surface area contributed by atoms with Crippen molar-refractivity contribution in [1.29, 1.82) is 5.26 Å². The largest absolute Gasteiger partial charge is 0.497 e. The van der Waals surface area contributed by atoms with Gasteiger partial charge in [-0.1, -0.05) is 38.8 Å². The van der Waals surface area contributed by atoms with Gasteiger partial charge in [0, 0.05) is 5.92 Å². The van der Waals surface area contributed by atoms with Crippen LogP contribution in [0.2, 0.25) is 0 Å². The average Bonchev–Trinajstić information content (AvgIpc) is 2.49. The Morgan fingerprint density at radius 2 is 1.95 bits per heavy atom. The molecule has 0 bridgehead atoms. The number of ketones is 1. The van der Waals surface area contributed by atoms with E-state index < -0.39 is 5.92 Å². The van der Waals surface area contributed by atoms with Gasteiger partial charge >= 0.3 is 0 Å². The van der Waals surface area contributed by atoms with Crippen LogP contribution in [-0.4, -0.2) is 12.9 Å². The summed E-state index contributed by atoms with van der Waals surface area (Å²) in [6.45, 7) is 4.13. The highest BCUT2D eigenvalue weighted by atomic mass is 16.5. The van der Waals surface area contributed by atoms with Crippen molar-refractivity contribution < 1.29 is 9.53 Å². The Labute approximate surface area is 121 Å². The zero-order valence-corrected chi connectivity index (χ0v) is 12.6. The fraction of sp³-hybridized carbons (Fsp3) is 0.529. The molecule has 0 aliphatic carbocycles. The monoisotopic (exact) mass is 273 g/mol. The van der Waals surface area contributed by atoms with Crippen molar-refractivity contribution in [3.63, 3.8) is 0 Å². The van der Waals surface area contributed by atoms with Crippen molar-refractivity contribution in [2.45, 2.75) is 45.4 Å². The molecular weight excluding hydrogens is 250 g/mol. The highest BCUT2D eigenvalue weighted by Crippen LogP contribution is 2.26. The molecule has 0 aromatic heterocycles. The number of carbonyl (C=O) groups is 1. The second-order valence-corrected chi connectivity index (χ2v) is 4.99. The summed E-state index contributed by atoms with van der Waals surface area (Å²) in [5.74, 6) is 0.106. The van der Waals surface area contributed by atoms with Gasteiger partial charge in [-0.2, -0.15) is 5.26 Å². The molecule has 0 fully saturated rings. The highest BCUT2D eigenvalue weighted by Gasteiger charge is 2.26. The Morgan fingerprint density at radius 3 is 2.40 bits per heavy atom. The summed E-state index contributed by atoms with van der Waals surface area (Å²) in [6, 6.07) is 9.35. The van der Waals surface area contributed by atoms with Crippen LogP contribution in [0.25, 0.3) is 0 Å². The molecule has 0 aliphatic rings. The molecule has 3 heteroatoms. The third kappa shape index (κ3) is 4.09. The molecule has 20 heavy (non-hydrogen) atoms. The number of unbranched alkanes of at least 4 members (excludes halogenated alkanes) is 1. The molecule has 0 aliphatic heterocycles. The van der Waals surface area contributed by atoms with Gasteiger partial charge < -0.3 is 4.74 Å². The van der Waals surface area contributed by atoms with E-state index in [-0.39, 0.29) is 11.7 Å². The van der Waals surface area contributed by atoms with Crippen molar-refractivity contribution in [3.05, 3.63) is 29.8 Å². The number of ether oxygens (including phenoxy) is 1. The summed E-state index contributed by atoms with van der Waals surface area (Å²) in [4.78, 5) is 12.5. The molecule has 0 saturated heterocycles. The molecule has 1 aromatic rings. The second-order valence-electron chi connectivity index (χ2n) is 4.99. The first-order chi connectivity index (χ1) is 9.67. The third-order valence-corrected chi connectivity index (χ3v) is 3.66. The van der Waals surface area contributed by atoms with Crippen molar-refractivity contribution >= 4 is 5.78 Å². The van der Waals surface area contributed by atoms with E-state index in [1.807, 2.05) is 6.92 Å². The average molecular weight is 273 g/mol. The number of methoxy groups -OCH3 is 1. The van der Waals surface area contributed by atoms with Gasteiger partial charge in [0.15, 0.2) is 5.78 Å². The summed E-state index contributed by atoms with van der Waals surface area (Å²) < 4.78 is 5.10. The smallest absolute Gasteiger partial charge is 0.157 e. The van der Waals surface area contributed by atoms with Crippen molar-refractivity contribution in [2.75, 3.05) is 7.11 Å². The molecule has 0 heterocycles. The van der Waals surface area contributed by atoms with Crippen LogP contribution in [0, 0.1) is 17.2 Å². The van der Waals surface area contributed by atoms with Crippen molar-refractivity contribution in [2.24, 2.45) is 5.92 Å². The Morgan fingerprint density at radius 1 is 1.30 bits per heavy atom. The number of rotatable bonds is 8. The molecule has 3 nitrogen and oxygen atoms in total. The lowest BCUT2D eigenvalue weighted by atomic mass is 9.84. The summed E-state index contributed by atoms with van der Waals surface area (Å²) in [5.41, 5.74) is 0.758. The molecule has 2 unspecified atom stereocenters. The number of carbonyl (C=O) groups excluding carboxylic acids is 1. The predicted octanol–water partition coefficient (Wildman–Crippen LogP) is 4.09. The minimum atomic E-state index is -0.664. The first-order valence-electron chi connectivity index (χ1n) is 7.25. The van der Waals surface area contributed by atoms with Crippen LogP contribution in [0.15, 0.2) is 24.3 Å². The third-order valence-electron chi connectivity index (χ3n) is 3.66. The molecule has 0 N–H and O–H groups in total. The Balaban J connectivity index is 2.87. The van der Waals surface area contributed by atoms with Crippen LogP contribution in [0.4, 0.5) is 0 Å². The zero-order valence-electron chi connectivity index (χ0n) is 12.6. The molecule has 0 radical (unpaired) electrons. The lowest BCUT2D eigenvalue weighted by Gasteiger charge is -2.17. The Kier molecular flexibility index (Phi) is 6.79. The van der Waals surface area contributed by atoms with Gasteiger partial charge in [-0.05, 0) is 30.5 Å². The van der Waals surface area contributed by atoms with Crippen molar-refractivity contribution in [1.82, 2.24) is 0 Å². The number of hydrogen-bond donors (Lipinski definition) is 0. The van der Waals surface area contributed by atoms with Crippen LogP contribution in [0.1, 0.15) is 51.0 Å². The van der Waals surface area contributed by atoms with Crippen LogP contribution in [0.3, 0.4) is 0 Å². The number of nitrogens with zero attached hydrogens (tertiary/aromatic N) is 1. The maximum atomic E-state index is 12.5. The quantitative estimate of drug-likeness (QED) is 0.716. The fourth-order valence-electron chi connectivity index (χ4n) is 2.33. The number of hydrogen-bond acceptors (Lipinski definition) is 3. The van der Waals surface area contributed by atoms with E-state index in [0.717, 1.165) is 37.0 Å². The predicted molar refractivity (Wildman–Crippen MR) is 79.7 cm³/mol. The summed E-state index contributed by atoms with van der Waals surface area (Å²) in [6.07, 6.45) is 3.78. The lowest BCUT2D eigenvalue weighted by Crippen LogP contribution is -2.21. The van der Waals surface area contributed by atoms with E-state index in [0.29, 0.717) is 0 Å².